The molecule has 120 valence electrons. The number of aromatic nitrogens is 2. The van der Waals surface area contributed by atoms with Crippen molar-refractivity contribution < 1.29 is 8.98 Å². The maximum atomic E-state index is 6.34. The van der Waals surface area contributed by atoms with E-state index in [4.69, 9.17) is 4.42 Å². The van der Waals surface area contributed by atoms with Crippen molar-refractivity contribution in [3.8, 4) is 11.3 Å². The van der Waals surface area contributed by atoms with Gasteiger partial charge in [-0.3, -0.25) is 4.98 Å². The third-order valence-electron chi connectivity index (χ3n) is 4.95. The molecule has 0 aliphatic carbocycles. The molecular weight excluding hydrogens is 308 g/mol. The molecule has 0 N–H and O–H groups in total. The van der Waals surface area contributed by atoms with E-state index in [2.05, 4.69) is 65.0 Å². The predicted octanol–water partition coefficient (Wildman–Crippen LogP) is 4.93. The minimum absolute atomic E-state index is 0.923. The highest BCUT2D eigenvalue weighted by atomic mass is 16.3. The van der Waals surface area contributed by atoms with E-state index in [1.807, 2.05) is 19.4 Å². The van der Waals surface area contributed by atoms with Gasteiger partial charge in [0.05, 0.1) is 18.0 Å². The first-order valence-electron chi connectivity index (χ1n) is 8.37. The SMILES string of the molecule is Cc1ccc2c(oc3ccc4ccccc4c32)c1-c1cncc[n+]1C. The monoisotopic (exact) mass is 325 g/mol. The van der Waals surface area contributed by atoms with Crippen LogP contribution in [0, 0.1) is 6.92 Å². The number of nitrogens with zero attached hydrogens (tertiary/aromatic N) is 2. The topological polar surface area (TPSA) is 29.9 Å². The Labute approximate surface area is 145 Å². The lowest BCUT2D eigenvalue weighted by atomic mass is 9.99. The molecule has 2 heterocycles. The van der Waals surface area contributed by atoms with Gasteiger partial charge in [-0.05, 0) is 29.3 Å². The van der Waals surface area contributed by atoms with Crippen LogP contribution in [0.5, 0.6) is 0 Å². The van der Waals surface area contributed by atoms with Crippen LogP contribution in [0.1, 0.15) is 5.56 Å². The van der Waals surface area contributed by atoms with Crippen LogP contribution >= 0.6 is 0 Å². The first kappa shape index (κ1) is 14.2. The molecule has 0 fully saturated rings. The number of rotatable bonds is 1. The summed E-state index contributed by atoms with van der Waals surface area (Å²) in [6.45, 7) is 2.12. The molecule has 0 spiro atoms. The van der Waals surface area contributed by atoms with Gasteiger partial charge in [-0.15, -0.1) is 0 Å². The van der Waals surface area contributed by atoms with Crippen LogP contribution < -0.4 is 4.57 Å². The minimum atomic E-state index is 0.923. The number of aryl methyl sites for hydroxylation is 2. The Morgan fingerprint density at radius 2 is 1.84 bits per heavy atom. The van der Waals surface area contributed by atoms with Crippen LogP contribution in [0.3, 0.4) is 0 Å². The molecule has 0 radical (unpaired) electrons. The van der Waals surface area contributed by atoms with E-state index in [1.54, 1.807) is 6.20 Å². The van der Waals surface area contributed by atoms with Gasteiger partial charge in [-0.25, -0.2) is 0 Å². The second-order valence-corrected chi connectivity index (χ2v) is 6.47. The molecule has 0 saturated carbocycles. The van der Waals surface area contributed by atoms with Crippen molar-refractivity contribution in [3.63, 3.8) is 0 Å². The highest BCUT2D eigenvalue weighted by molar-refractivity contribution is 6.20. The zero-order valence-electron chi connectivity index (χ0n) is 14.2. The molecule has 3 heteroatoms. The molecule has 0 aliphatic rings. The Hall–Kier alpha value is -3.20. The zero-order valence-corrected chi connectivity index (χ0v) is 14.2. The maximum absolute atomic E-state index is 6.34. The summed E-state index contributed by atoms with van der Waals surface area (Å²) in [5.41, 5.74) is 5.18. The minimum Gasteiger partial charge on any atom is -0.455 e. The van der Waals surface area contributed by atoms with E-state index in [9.17, 15) is 0 Å². The highest BCUT2D eigenvalue weighted by Crippen LogP contribution is 2.39. The summed E-state index contributed by atoms with van der Waals surface area (Å²) in [5, 5.41) is 4.79. The Morgan fingerprint density at radius 3 is 2.72 bits per heavy atom. The maximum Gasteiger partial charge on any atom is 0.234 e. The number of benzene rings is 3. The Morgan fingerprint density at radius 1 is 0.960 bits per heavy atom. The fourth-order valence-electron chi connectivity index (χ4n) is 3.69. The molecule has 3 aromatic carbocycles. The molecule has 25 heavy (non-hydrogen) atoms. The lowest BCUT2D eigenvalue weighted by Gasteiger charge is -2.04. The molecule has 5 rings (SSSR count). The van der Waals surface area contributed by atoms with Crippen LogP contribution in [0.25, 0.3) is 44.0 Å². The van der Waals surface area contributed by atoms with Crippen molar-refractivity contribution in [2.45, 2.75) is 6.92 Å². The average Bonchev–Trinajstić information content (AvgIpc) is 3.01. The quantitative estimate of drug-likeness (QED) is 0.409. The van der Waals surface area contributed by atoms with Crippen molar-refractivity contribution in [1.29, 1.82) is 0 Å². The molecular formula is C22H17N2O+. The third kappa shape index (κ3) is 1.99. The first-order valence-corrected chi connectivity index (χ1v) is 8.37. The summed E-state index contributed by atoms with van der Waals surface area (Å²) in [7, 11) is 2.04. The number of hydrogen-bond donors (Lipinski definition) is 0. The summed E-state index contributed by atoms with van der Waals surface area (Å²) in [6, 6.07) is 17.0. The second kappa shape index (κ2) is 5.15. The Balaban J connectivity index is 1.99. The van der Waals surface area contributed by atoms with E-state index in [-0.39, 0.29) is 0 Å². The van der Waals surface area contributed by atoms with Crippen molar-refractivity contribution in [3.05, 3.63) is 72.7 Å². The van der Waals surface area contributed by atoms with Gasteiger partial charge < -0.3 is 4.42 Å². The van der Waals surface area contributed by atoms with E-state index in [0.29, 0.717) is 0 Å². The van der Waals surface area contributed by atoms with Gasteiger partial charge in [0.2, 0.25) is 5.69 Å². The Kier molecular flexibility index (Phi) is 2.92. The molecule has 0 unspecified atom stereocenters. The summed E-state index contributed by atoms with van der Waals surface area (Å²) in [6.07, 6.45) is 5.66. The molecule has 0 aliphatic heterocycles. The van der Waals surface area contributed by atoms with Crippen molar-refractivity contribution in [2.75, 3.05) is 0 Å². The van der Waals surface area contributed by atoms with Crippen molar-refractivity contribution in [1.82, 2.24) is 4.98 Å². The molecule has 5 aromatic rings. The smallest absolute Gasteiger partial charge is 0.234 e. The summed E-state index contributed by atoms with van der Waals surface area (Å²) < 4.78 is 8.42. The van der Waals surface area contributed by atoms with Gasteiger partial charge in [0.1, 0.15) is 18.2 Å². The van der Waals surface area contributed by atoms with E-state index >= 15 is 0 Å². The molecule has 3 nitrogen and oxygen atoms in total. The van der Waals surface area contributed by atoms with Gasteiger partial charge in [-0.2, -0.15) is 4.57 Å². The van der Waals surface area contributed by atoms with Gasteiger partial charge in [-0.1, -0.05) is 42.5 Å². The molecule has 2 aromatic heterocycles. The normalized spacial score (nSPS) is 11.6. The van der Waals surface area contributed by atoms with Crippen molar-refractivity contribution in [2.24, 2.45) is 7.05 Å². The van der Waals surface area contributed by atoms with Crippen LogP contribution in [0.2, 0.25) is 0 Å². The predicted molar refractivity (Wildman–Crippen MR) is 100 cm³/mol. The number of hydrogen-bond acceptors (Lipinski definition) is 2. The van der Waals surface area contributed by atoms with Gasteiger partial charge in [0, 0.05) is 10.8 Å². The lowest BCUT2D eigenvalue weighted by molar-refractivity contribution is -0.660. The fourth-order valence-corrected chi connectivity index (χ4v) is 3.69. The fraction of sp³-hybridized carbons (Fsp3) is 0.0909. The standard InChI is InChI=1S/C22H17N2O/c1-14-7-9-17-21-16-6-4-3-5-15(16)8-10-19(21)25-22(17)20(14)18-13-23-11-12-24(18)2/h3-13H,1-2H3/q+1. The van der Waals surface area contributed by atoms with Crippen LogP contribution in [0.4, 0.5) is 0 Å². The first-order chi connectivity index (χ1) is 12.2. The summed E-state index contributed by atoms with van der Waals surface area (Å²) in [4.78, 5) is 4.31. The average molecular weight is 325 g/mol. The molecule has 0 atom stereocenters. The van der Waals surface area contributed by atoms with E-state index in [1.165, 1.54) is 21.7 Å². The Bertz CT molecular complexity index is 1270. The van der Waals surface area contributed by atoms with Gasteiger partial charge >= 0.3 is 0 Å². The molecule has 0 saturated heterocycles. The van der Waals surface area contributed by atoms with E-state index < -0.39 is 0 Å². The second-order valence-electron chi connectivity index (χ2n) is 6.47. The van der Waals surface area contributed by atoms with E-state index in [0.717, 1.165) is 27.8 Å². The number of furan rings is 1. The lowest BCUT2D eigenvalue weighted by Crippen LogP contribution is -2.30. The zero-order chi connectivity index (χ0) is 17.0. The van der Waals surface area contributed by atoms with Crippen LogP contribution in [-0.4, -0.2) is 4.98 Å². The van der Waals surface area contributed by atoms with Crippen molar-refractivity contribution >= 4 is 32.7 Å². The molecule has 0 bridgehead atoms. The van der Waals surface area contributed by atoms with Gasteiger partial charge in [0.15, 0.2) is 6.20 Å². The highest BCUT2D eigenvalue weighted by Gasteiger charge is 2.21. The largest absolute Gasteiger partial charge is 0.455 e. The van der Waals surface area contributed by atoms with Crippen LogP contribution in [-0.2, 0) is 7.05 Å². The number of fused-ring (bicyclic) bond motifs is 5. The summed E-state index contributed by atoms with van der Waals surface area (Å²) in [5.74, 6) is 0. The molecule has 0 amide bonds. The third-order valence-corrected chi connectivity index (χ3v) is 4.95. The van der Waals surface area contributed by atoms with Gasteiger partial charge in [0.25, 0.3) is 0 Å². The summed E-state index contributed by atoms with van der Waals surface area (Å²) >= 11 is 0. The van der Waals surface area contributed by atoms with Crippen LogP contribution in [0.15, 0.2) is 71.5 Å².